The van der Waals surface area contributed by atoms with E-state index in [1.54, 1.807) is 14.2 Å². The number of carboxylic acid groups (broad SMARTS) is 1. The van der Waals surface area contributed by atoms with Gasteiger partial charge in [-0.15, -0.1) is 0 Å². The lowest BCUT2D eigenvalue weighted by atomic mass is 10.0. The number of hydrogen-bond donors (Lipinski definition) is 2. The van der Waals surface area contributed by atoms with Gasteiger partial charge in [0.1, 0.15) is 11.5 Å². The maximum absolute atomic E-state index is 12.7. The number of carbonyl (C=O) groups excluding carboxylic acids is 1. The monoisotopic (exact) mass is 369 g/mol. The van der Waals surface area contributed by atoms with Gasteiger partial charge in [0.15, 0.2) is 0 Å². The molecule has 1 saturated carbocycles. The molecule has 1 aliphatic rings. The zero-order valence-corrected chi connectivity index (χ0v) is 15.3. The Kier molecular flexibility index (Phi) is 5.64. The van der Waals surface area contributed by atoms with Crippen molar-refractivity contribution in [3.8, 4) is 11.5 Å². The Morgan fingerprint density at radius 3 is 2.52 bits per heavy atom. The molecule has 0 saturated heterocycles. The highest BCUT2D eigenvalue weighted by Crippen LogP contribution is 2.51. The molecule has 3 atom stereocenters. The number of ether oxygens (including phenoxy) is 2. The molecule has 3 unspecified atom stereocenters. The van der Waals surface area contributed by atoms with E-state index in [0.29, 0.717) is 12.2 Å². The van der Waals surface area contributed by atoms with Crippen LogP contribution in [-0.4, -0.2) is 31.2 Å². The van der Waals surface area contributed by atoms with Crippen LogP contribution in [0.3, 0.4) is 0 Å². The first kappa shape index (κ1) is 18.8. The second-order valence-electron chi connectivity index (χ2n) is 6.63. The van der Waals surface area contributed by atoms with Gasteiger partial charge >= 0.3 is 5.97 Å². The minimum absolute atomic E-state index is 0.0382. The average molecular weight is 369 g/mol. The predicted octanol–water partition coefficient (Wildman–Crippen LogP) is 3.14. The van der Waals surface area contributed by atoms with Crippen LogP contribution in [0.1, 0.15) is 35.9 Å². The quantitative estimate of drug-likeness (QED) is 0.747. The summed E-state index contributed by atoms with van der Waals surface area (Å²) >= 11 is 0. The van der Waals surface area contributed by atoms with Crippen LogP contribution < -0.4 is 14.8 Å². The molecule has 3 rings (SSSR count). The molecule has 2 aromatic rings. The minimum atomic E-state index is -0.953. The van der Waals surface area contributed by atoms with E-state index in [9.17, 15) is 14.7 Å². The summed E-state index contributed by atoms with van der Waals surface area (Å²) in [6.07, 6.45) is 0.541. The van der Waals surface area contributed by atoms with Gasteiger partial charge in [-0.25, -0.2) is 0 Å². The van der Waals surface area contributed by atoms with Crippen molar-refractivity contribution in [2.45, 2.75) is 24.8 Å². The van der Waals surface area contributed by atoms with Crippen LogP contribution >= 0.6 is 0 Å². The van der Waals surface area contributed by atoms with E-state index in [4.69, 9.17) is 9.47 Å². The van der Waals surface area contributed by atoms with Crippen LogP contribution in [-0.2, 0) is 9.59 Å². The topological polar surface area (TPSA) is 84.9 Å². The van der Waals surface area contributed by atoms with Gasteiger partial charge in [0, 0.05) is 17.4 Å². The van der Waals surface area contributed by atoms with Gasteiger partial charge in [0.25, 0.3) is 0 Å². The molecule has 6 nitrogen and oxygen atoms in total. The number of hydrogen-bond acceptors (Lipinski definition) is 4. The summed E-state index contributed by atoms with van der Waals surface area (Å²) in [5.41, 5.74) is 1.72. The van der Waals surface area contributed by atoms with Crippen molar-refractivity contribution in [2.24, 2.45) is 5.92 Å². The molecular formula is C21H23NO5. The van der Waals surface area contributed by atoms with Crippen molar-refractivity contribution < 1.29 is 24.2 Å². The van der Waals surface area contributed by atoms with Crippen LogP contribution in [0.5, 0.6) is 11.5 Å². The second kappa shape index (κ2) is 8.12. The maximum atomic E-state index is 12.7. The third-order valence-corrected chi connectivity index (χ3v) is 4.86. The Labute approximate surface area is 158 Å². The number of carboxylic acids is 1. The lowest BCUT2D eigenvalue weighted by molar-refractivity contribution is -0.137. The van der Waals surface area contributed by atoms with Crippen LogP contribution in [0.2, 0.25) is 0 Å². The average Bonchev–Trinajstić information content (AvgIpc) is 3.48. The molecule has 0 bridgehead atoms. The Bertz CT molecular complexity index is 821. The number of aliphatic carboxylic acids is 1. The van der Waals surface area contributed by atoms with Gasteiger partial charge in [-0.1, -0.05) is 30.3 Å². The summed E-state index contributed by atoms with van der Waals surface area (Å²) in [5, 5.41) is 12.1. The molecule has 2 aromatic carbocycles. The van der Waals surface area contributed by atoms with E-state index in [-0.39, 0.29) is 24.2 Å². The van der Waals surface area contributed by atoms with Crippen LogP contribution in [0.25, 0.3) is 0 Å². The van der Waals surface area contributed by atoms with Crippen molar-refractivity contribution >= 4 is 11.9 Å². The fraction of sp³-hybridized carbons (Fsp3) is 0.333. The van der Waals surface area contributed by atoms with Gasteiger partial charge in [-0.05, 0) is 30.2 Å². The van der Waals surface area contributed by atoms with E-state index in [2.05, 4.69) is 5.32 Å². The van der Waals surface area contributed by atoms with Gasteiger partial charge in [-0.2, -0.15) is 0 Å². The van der Waals surface area contributed by atoms with Crippen LogP contribution in [0.15, 0.2) is 48.5 Å². The molecular weight excluding hydrogens is 346 g/mol. The van der Waals surface area contributed by atoms with Gasteiger partial charge in [0.2, 0.25) is 5.91 Å². The van der Waals surface area contributed by atoms with Crippen LogP contribution in [0.4, 0.5) is 0 Å². The highest BCUT2D eigenvalue weighted by molar-refractivity contribution is 5.84. The summed E-state index contributed by atoms with van der Waals surface area (Å²) in [6, 6.07) is 14.2. The van der Waals surface area contributed by atoms with E-state index in [1.807, 2.05) is 48.5 Å². The number of carbonyl (C=O) groups is 2. The van der Waals surface area contributed by atoms with Crippen molar-refractivity contribution in [1.82, 2.24) is 5.32 Å². The molecule has 6 heteroatoms. The van der Waals surface area contributed by atoms with Gasteiger partial charge in [0.05, 0.1) is 26.7 Å². The van der Waals surface area contributed by atoms with Crippen molar-refractivity contribution in [2.75, 3.05) is 14.2 Å². The Hall–Kier alpha value is -3.02. The van der Waals surface area contributed by atoms with Crippen molar-refractivity contribution in [3.63, 3.8) is 0 Å². The van der Waals surface area contributed by atoms with Gasteiger partial charge < -0.3 is 19.9 Å². The largest absolute Gasteiger partial charge is 0.497 e. The lowest BCUT2D eigenvalue weighted by Gasteiger charge is -2.18. The Morgan fingerprint density at radius 2 is 1.89 bits per heavy atom. The SMILES string of the molecule is COc1ccc(OC)c(C2CC2C(=O)NC(CC(=O)O)c2ccccc2)c1. The van der Waals surface area contributed by atoms with Gasteiger partial charge in [-0.3, -0.25) is 9.59 Å². The summed E-state index contributed by atoms with van der Waals surface area (Å²) < 4.78 is 10.7. The summed E-state index contributed by atoms with van der Waals surface area (Å²) in [5.74, 6) is 0.180. The van der Waals surface area contributed by atoms with Crippen LogP contribution in [0, 0.1) is 5.92 Å². The standard InChI is InChI=1S/C21H23NO5/c1-26-14-8-9-19(27-2)16(10-14)15-11-17(15)21(25)22-18(12-20(23)24)13-6-4-3-5-7-13/h3-10,15,17-18H,11-12H2,1-2H3,(H,22,25)(H,23,24). The van der Waals surface area contributed by atoms with E-state index in [0.717, 1.165) is 16.9 Å². The van der Waals surface area contributed by atoms with Crippen molar-refractivity contribution in [1.29, 1.82) is 0 Å². The minimum Gasteiger partial charge on any atom is -0.497 e. The third kappa shape index (κ3) is 4.39. The zero-order chi connectivity index (χ0) is 19.4. The Morgan fingerprint density at radius 1 is 1.15 bits per heavy atom. The second-order valence-corrected chi connectivity index (χ2v) is 6.63. The first-order valence-electron chi connectivity index (χ1n) is 8.82. The van der Waals surface area contributed by atoms with E-state index >= 15 is 0 Å². The predicted molar refractivity (Wildman–Crippen MR) is 100.0 cm³/mol. The number of benzene rings is 2. The normalized spacial score (nSPS) is 19.0. The van der Waals surface area contributed by atoms with E-state index in [1.165, 1.54) is 0 Å². The van der Waals surface area contributed by atoms with Crippen molar-refractivity contribution in [3.05, 3.63) is 59.7 Å². The zero-order valence-electron chi connectivity index (χ0n) is 15.3. The third-order valence-electron chi connectivity index (χ3n) is 4.86. The lowest BCUT2D eigenvalue weighted by Crippen LogP contribution is -2.31. The number of rotatable bonds is 8. The number of amides is 1. The summed E-state index contributed by atoms with van der Waals surface area (Å²) in [7, 11) is 3.19. The highest BCUT2D eigenvalue weighted by Gasteiger charge is 2.46. The molecule has 0 spiro atoms. The Balaban J connectivity index is 1.73. The number of nitrogens with one attached hydrogen (secondary N) is 1. The molecule has 2 N–H and O–H groups in total. The van der Waals surface area contributed by atoms with E-state index < -0.39 is 12.0 Å². The number of methoxy groups -OCH3 is 2. The fourth-order valence-electron chi connectivity index (χ4n) is 3.35. The highest BCUT2D eigenvalue weighted by atomic mass is 16.5. The maximum Gasteiger partial charge on any atom is 0.305 e. The first-order chi connectivity index (χ1) is 13.0. The molecule has 1 amide bonds. The molecule has 1 fully saturated rings. The molecule has 0 aromatic heterocycles. The molecule has 0 radical (unpaired) electrons. The fourth-order valence-corrected chi connectivity index (χ4v) is 3.35. The smallest absolute Gasteiger partial charge is 0.305 e. The first-order valence-corrected chi connectivity index (χ1v) is 8.82. The summed E-state index contributed by atoms with van der Waals surface area (Å²) in [4.78, 5) is 23.9. The molecule has 0 aliphatic heterocycles. The molecule has 0 heterocycles. The molecule has 27 heavy (non-hydrogen) atoms. The molecule has 142 valence electrons. The summed E-state index contributed by atoms with van der Waals surface area (Å²) in [6.45, 7) is 0. The molecule has 1 aliphatic carbocycles.